The average Bonchev–Trinajstić information content (AvgIpc) is 2.95. The van der Waals surface area contributed by atoms with Gasteiger partial charge in [-0.1, -0.05) is 6.92 Å². The fourth-order valence-electron chi connectivity index (χ4n) is 2.09. The van der Waals surface area contributed by atoms with Crippen LogP contribution in [0.4, 0.5) is 10.8 Å². The van der Waals surface area contributed by atoms with Crippen LogP contribution in [0, 0.1) is 0 Å². The van der Waals surface area contributed by atoms with Gasteiger partial charge in [-0.05, 0) is 36.5 Å². The third-order valence-corrected chi connectivity index (χ3v) is 7.30. The predicted molar refractivity (Wildman–Crippen MR) is 82.8 cm³/mol. The first-order valence-electron chi connectivity index (χ1n) is 6.38. The number of nitrogens with one attached hydrogen (secondary N) is 1. The van der Waals surface area contributed by atoms with Crippen LogP contribution < -0.4 is 11.1 Å². The molecule has 0 radical (unpaired) electrons. The van der Waals surface area contributed by atoms with Gasteiger partial charge in [0, 0.05) is 11.8 Å². The maximum absolute atomic E-state index is 12.2. The van der Waals surface area contributed by atoms with Crippen molar-refractivity contribution in [2.75, 3.05) is 29.1 Å². The Morgan fingerprint density at radius 1 is 1.53 bits per heavy atom. The molecule has 0 bridgehead atoms. The normalized spacial score (nSPS) is 19.7. The third kappa shape index (κ3) is 3.55. The van der Waals surface area contributed by atoms with Crippen molar-refractivity contribution in [1.29, 1.82) is 0 Å². The van der Waals surface area contributed by atoms with E-state index in [1.807, 2.05) is 18.7 Å². The summed E-state index contributed by atoms with van der Waals surface area (Å²) in [5.74, 6) is 1.43. The first-order valence-corrected chi connectivity index (χ1v) is 9.85. The Hall–Kier alpha value is -0.470. The summed E-state index contributed by atoms with van der Waals surface area (Å²) >= 11 is 3.07. The van der Waals surface area contributed by atoms with Crippen LogP contribution in [0.25, 0.3) is 0 Å². The second-order valence-corrected chi connectivity index (χ2v) is 8.79. The van der Waals surface area contributed by atoms with E-state index in [0.29, 0.717) is 16.7 Å². The number of hydrogen-bond donors (Lipinski definition) is 2. The molecule has 1 saturated heterocycles. The molecule has 0 amide bonds. The number of nitrogens with zero attached hydrogens (tertiary/aromatic N) is 1. The highest BCUT2D eigenvalue weighted by Crippen LogP contribution is 2.34. The van der Waals surface area contributed by atoms with Gasteiger partial charge in [0.15, 0.2) is 15.7 Å². The van der Waals surface area contributed by atoms with Crippen molar-refractivity contribution >= 4 is 44.0 Å². The largest absolute Gasteiger partial charge is 0.382 e. The van der Waals surface area contributed by atoms with Gasteiger partial charge in [0.05, 0.1) is 5.75 Å². The maximum atomic E-state index is 12.2. The molecule has 0 saturated carbocycles. The van der Waals surface area contributed by atoms with E-state index in [9.17, 15) is 8.42 Å². The van der Waals surface area contributed by atoms with Crippen LogP contribution in [0.2, 0.25) is 0 Å². The third-order valence-electron chi connectivity index (χ3n) is 2.97. The predicted octanol–water partition coefficient (Wildman–Crippen LogP) is 2.22. The van der Waals surface area contributed by atoms with Gasteiger partial charge >= 0.3 is 0 Å². The molecule has 1 unspecified atom stereocenters. The second-order valence-electron chi connectivity index (χ2n) is 4.56. The molecule has 1 atom stereocenters. The van der Waals surface area contributed by atoms with Gasteiger partial charge in [-0.2, -0.15) is 16.1 Å². The summed E-state index contributed by atoms with van der Waals surface area (Å²) in [7, 11) is -3.32. The minimum atomic E-state index is -3.32. The lowest BCUT2D eigenvalue weighted by Gasteiger charge is -2.11. The number of hydrogen-bond acceptors (Lipinski definition) is 7. The summed E-state index contributed by atoms with van der Waals surface area (Å²) in [4.78, 5) is 0.197. The summed E-state index contributed by atoms with van der Waals surface area (Å²) in [5, 5.41) is 4.37. The average molecular weight is 321 g/mol. The summed E-state index contributed by atoms with van der Waals surface area (Å²) in [5.41, 5.74) is 5.72. The highest BCUT2D eigenvalue weighted by Gasteiger charge is 2.25. The van der Waals surface area contributed by atoms with Crippen LogP contribution in [-0.4, -0.2) is 36.1 Å². The van der Waals surface area contributed by atoms with Crippen molar-refractivity contribution in [1.82, 2.24) is 4.37 Å². The molecule has 8 heteroatoms. The van der Waals surface area contributed by atoms with E-state index < -0.39 is 9.84 Å². The van der Waals surface area contributed by atoms with Crippen molar-refractivity contribution in [3.8, 4) is 0 Å². The molecule has 19 heavy (non-hydrogen) atoms. The van der Waals surface area contributed by atoms with E-state index in [4.69, 9.17) is 5.73 Å². The molecule has 1 aliphatic heterocycles. The molecule has 1 aromatic heterocycles. The lowest BCUT2D eigenvalue weighted by Crippen LogP contribution is -2.16. The Morgan fingerprint density at radius 2 is 2.32 bits per heavy atom. The van der Waals surface area contributed by atoms with Gasteiger partial charge in [0.2, 0.25) is 0 Å². The minimum Gasteiger partial charge on any atom is -0.382 e. The monoisotopic (exact) mass is 321 g/mol. The summed E-state index contributed by atoms with van der Waals surface area (Å²) < 4.78 is 28.3. The van der Waals surface area contributed by atoms with Crippen LogP contribution >= 0.6 is 23.3 Å². The molecule has 0 aliphatic carbocycles. The molecule has 0 spiro atoms. The van der Waals surface area contributed by atoms with Crippen LogP contribution in [0.3, 0.4) is 0 Å². The first-order chi connectivity index (χ1) is 9.04. The van der Waals surface area contributed by atoms with Crippen LogP contribution in [0.5, 0.6) is 0 Å². The number of rotatable bonds is 6. The highest BCUT2D eigenvalue weighted by molar-refractivity contribution is 8.00. The van der Waals surface area contributed by atoms with Crippen LogP contribution in [-0.2, 0) is 9.84 Å². The first kappa shape index (κ1) is 14.9. The van der Waals surface area contributed by atoms with E-state index >= 15 is 0 Å². The van der Waals surface area contributed by atoms with E-state index in [-0.39, 0.29) is 16.5 Å². The van der Waals surface area contributed by atoms with Crippen molar-refractivity contribution < 1.29 is 8.42 Å². The highest BCUT2D eigenvalue weighted by atomic mass is 32.2. The molecular weight excluding hydrogens is 302 g/mol. The molecule has 2 rings (SSSR count). The molecule has 3 N–H and O–H groups in total. The van der Waals surface area contributed by atoms with Crippen LogP contribution in [0.1, 0.15) is 26.2 Å². The van der Waals surface area contributed by atoms with E-state index in [2.05, 4.69) is 9.69 Å². The second kappa shape index (κ2) is 6.32. The van der Waals surface area contributed by atoms with Gasteiger partial charge in [-0.3, -0.25) is 0 Å². The Morgan fingerprint density at radius 3 is 2.95 bits per heavy atom. The minimum absolute atomic E-state index is 0.114. The molecule has 0 aromatic carbocycles. The fraction of sp³-hybridized carbons (Fsp3) is 0.727. The quantitative estimate of drug-likeness (QED) is 0.835. The lowest BCUT2D eigenvalue weighted by atomic mass is 10.2. The maximum Gasteiger partial charge on any atom is 0.185 e. The van der Waals surface area contributed by atoms with Gasteiger partial charge in [-0.25, -0.2) is 8.42 Å². The molecule has 108 valence electrons. The molecule has 2 heterocycles. The summed E-state index contributed by atoms with van der Waals surface area (Å²) in [6.45, 7) is 2.62. The SMILES string of the molecule is CCCS(=O)(=O)c1c(N)nsc1NCC1CCCS1. The Bertz CT molecular complexity index is 521. The Balaban J connectivity index is 2.12. The number of thioether (sulfide) groups is 1. The van der Waals surface area contributed by atoms with Crippen molar-refractivity contribution in [3.05, 3.63) is 0 Å². The fourth-order valence-corrected chi connectivity index (χ4v) is 5.92. The van der Waals surface area contributed by atoms with Crippen molar-refractivity contribution in [2.45, 2.75) is 36.3 Å². The molecule has 1 aliphatic rings. The number of nitrogen functional groups attached to an aromatic ring is 1. The number of sulfone groups is 1. The van der Waals surface area contributed by atoms with Crippen molar-refractivity contribution in [3.63, 3.8) is 0 Å². The topological polar surface area (TPSA) is 85.1 Å². The Labute approximate surface area is 122 Å². The standard InChI is InChI=1S/C11H19N3O2S3/c1-2-6-19(15,16)9-10(12)14-18-11(9)13-7-8-4-3-5-17-8/h8,13H,2-7H2,1H3,(H2,12,14). The zero-order chi connectivity index (χ0) is 13.9. The molecular formula is C11H19N3O2S3. The van der Waals surface area contributed by atoms with Gasteiger partial charge < -0.3 is 11.1 Å². The molecule has 5 nitrogen and oxygen atoms in total. The number of nitrogens with two attached hydrogens (primary N) is 1. The Kier molecular flexibility index (Phi) is 4.97. The zero-order valence-electron chi connectivity index (χ0n) is 10.9. The lowest BCUT2D eigenvalue weighted by molar-refractivity contribution is 0.595. The summed E-state index contributed by atoms with van der Waals surface area (Å²) in [6.07, 6.45) is 3.00. The van der Waals surface area contributed by atoms with E-state index in [1.54, 1.807) is 0 Å². The van der Waals surface area contributed by atoms with E-state index in [0.717, 1.165) is 18.1 Å². The molecule has 1 fully saturated rings. The smallest absolute Gasteiger partial charge is 0.185 e. The zero-order valence-corrected chi connectivity index (χ0v) is 13.3. The van der Waals surface area contributed by atoms with Gasteiger partial charge in [0.1, 0.15) is 9.90 Å². The van der Waals surface area contributed by atoms with Crippen molar-refractivity contribution in [2.24, 2.45) is 0 Å². The summed E-state index contributed by atoms with van der Waals surface area (Å²) in [6, 6.07) is 0. The molecule has 1 aromatic rings. The van der Waals surface area contributed by atoms with E-state index in [1.165, 1.54) is 18.6 Å². The number of anilines is 2. The van der Waals surface area contributed by atoms with Gasteiger partial charge in [-0.15, -0.1) is 0 Å². The van der Waals surface area contributed by atoms with Gasteiger partial charge in [0.25, 0.3) is 0 Å². The number of aromatic nitrogens is 1. The van der Waals surface area contributed by atoms with Crippen LogP contribution in [0.15, 0.2) is 4.90 Å².